The molecular formula is C19H24O6P2. The molecule has 0 aliphatic carbocycles. The fourth-order valence-corrected chi connectivity index (χ4v) is 4.32. The van der Waals surface area contributed by atoms with Gasteiger partial charge in [-0.2, -0.15) is 0 Å². The molecule has 0 saturated carbocycles. The second kappa shape index (κ2) is 9.43. The van der Waals surface area contributed by atoms with E-state index in [4.69, 9.17) is 0 Å². The summed E-state index contributed by atoms with van der Waals surface area (Å²) in [5.74, 6) is 0. The van der Waals surface area contributed by atoms with Crippen LogP contribution in [0, 0.1) is 0 Å². The molecule has 8 heteroatoms. The number of benzene rings is 2. The van der Waals surface area contributed by atoms with Gasteiger partial charge >= 0.3 is 15.2 Å². The maximum atomic E-state index is 11.4. The first-order chi connectivity index (χ1) is 12.4. The second-order valence-corrected chi connectivity index (χ2v) is 10.5. The molecule has 0 aromatic heterocycles. The van der Waals surface area contributed by atoms with Crippen LogP contribution >= 0.6 is 15.2 Å². The summed E-state index contributed by atoms with van der Waals surface area (Å²) >= 11 is 0. The molecular weight excluding hydrogens is 386 g/mol. The lowest BCUT2D eigenvalue weighted by molar-refractivity contribution is 0.312. The van der Waals surface area contributed by atoms with E-state index in [1.807, 2.05) is 36.4 Å². The summed E-state index contributed by atoms with van der Waals surface area (Å²) in [4.78, 5) is 34.6. The minimum absolute atomic E-state index is 0.423. The van der Waals surface area contributed by atoms with Gasteiger partial charge in [0.1, 0.15) is 0 Å². The molecule has 0 heterocycles. The summed E-state index contributed by atoms with van der Waals surface area (Å²) in [6, 6.07) is 16.5. The monoisotopic (exact) mass is 410 g/mol. The maximum absolute atomic E-state index is 11.4. The van der Waals surface area contributed by atoms with E-state index >= 15 is 0 Å². The van der Waals surface area contributed by atoms with Crippen LogP contribution in [0.4, 0.5) is 0 Å². The van der Waals surface area contributed by atoms with Crippen LogP contribution in [0.1, 0.15) is 23.6 Å². The van der Waals surface area contributed by atoms with E-state index < -0.39 is 26.5 Å². The third-order valence-corrected chi connectivity index (χ3v) is 8.41. The summed E-state index contributed by atoms with van der Waals surface area (Å²) in [6.45, 7) is 8.09. The second-order valence-electron chi connectivity index (χ2n) is 6.05. The van der Waals surface area contributed by atoms with Gasteiger partial charge in [-0.25, -0.2) is 0 Å². The van der Waals surface area contributed by atoms with Crippen molar-refractivity contribution in [3.8, 4) is 0 Å². The maximum Gasteiger partial charge on any atom is 0.343 e. The first kappa shape index (κ1) is 23.3. The van der Waals surface area contributed by atoms with Crippen molar-refractivity contribution in [3.63, 3.8) is 0 Å². The number of hydrogen-bond acceptors (Lipinski definition) is 2. The normalized spacial score (nSPS) is 11.9. The van der Waals surface area contributed by atoms with Crippen molar-refractivity contribution in [2.24, 2.45) is 0 Å². The molecule has 2 rings (SSSR count). The lowest BCUT2D eigenvalue weighted by atomic mass is 10.1. The summed E-state index contributed by atoms with van der Waals surface area (Å²) in [6.07, 6.45) is 2.94. The van der Waals surface area contributed by atoms with Crippen LogP contribution in [0.5, 0.6) is 0 Å². The van der Waals surface area contributed by atoms with Gasteiger partial charge in [0, 0.05) is 6.42 Å². The van der Waals surface area contributed by atoms with E-state index in [-0.39, 0.29) is 0 Å². The minimum Gasteiger partial charge on any atom is -0.324 e. The van der Waals surface area contributed by atoms with Gasteiger partial charge in [-0.1, -0.05) is 79.9 Å². The number of hydrogen-bond donors (Lipinski definition) is 4. The van der Waals surface area contributed by atoms with Gasteiger partial charge in [0.2, 0.25) is 0 Å². The van der Waals surface area contributed by atoms with Gasteiger partial charge in [0.25, 0.3) is 0 Å². The molecule has 146 valence electrons. The van der Waals surface area contributed by atoms with Crippen LogP contribution in [-0.2, 0) is 15.6 Å². The third-order valence-electron chi connectivity index (χ3n) is 4.02. The fraction of sp³-hybridized carbons (Fsp3) is 0.158. The molecule has 0 fully saturated rings. The highest BCUT2D eigenvalue weighted by Crippen LogP contribution is 2.69. The average Bonchev–Trinajstić information content (AvgIpc) is 2.61. The van der Waals surface area contributed by atoms with Crippen molar-refractivity contribution in [1.29, 1.82) is 0 Å². The molecule has 0 atom stereocenters. The molecule has 0 saturated heterocycles. The Kier molecular flexibility index (Phi) is 8.12. The Bertz CT molecular complexity index is 845. The average molecular weight is 410 g/mol. The summed E-state index contributed by atoms with van der Waals surface area (Å²) in [5, 5.41) is 0. The van der Waals surface area contributed by atoms with E-state index in [0.717, 1.165) is 6.92 Å². The van der Waals surface area contributed by atoms with Crippen LogP contribution < -0.4 is 0 Å². The number of rotatable bonds is 6. The Morgan fingerprint density at radius 1 is 0.852 bits per heavy atom. The highest BCUT2D eigenvalue weighted by molar-refractivity contribution is 7.72. The Hall–Kier alpha value is -1.78. The van der Waals surface area contributed by atoms with Gasteiger partial charge in [-0.05, 0) is 23.6 Å². The van der Waals surface area contributed by atoms with Crippen LogP contribution in [-0.4, -0.2) is 24.5 Å². The van der Waals surface area contributed by atoms with E-state index in [2.05, 4.69) is 13.2 Å². The smallest absolute Gasteiger partial charge is 0.324 e. The van der Waals surface area contributed by atoms with E-state index in [1.54, 1.807) is 24.3 Å². The zero-order valence-corrected chi connectivity index (χ0v) is 16.8. The van der Waals surface area contributed by atoms with Crippen molar-refractivity contribution in [2.45, 2.75) is 18.2 Å². The van der Waals surface area contributed by atoms with Gasteiger partial charge in [-0.3, -0.25) is 9.13 Å². The van der Waals surface area contributed by atoms with Crippen molar-refractivity contribution in [2.75, 3.05) is 0 Å². The van der Waals surface area contributed by atoms with Crippen molar-refractivity contribution >= 4 is 27.3 Å². The predicted octanol–water partition coefficient (Wildman–Crippen LogP) is 4.27. The Morgan fingerprint density at radius 2 is 1.33 bits per heavy atom. The van der Waals surface area contributed by atoms with Crippen molar-refractivity contribution < 1.29 is 28.7 Å². The SMILES string of the molecule is C=Cc1cccc(CC(C)(P(=O)(O)O)P(=O)(O)O)c1.C=Cc1ccccc1. The lowest BCUT2D eigenvalue weighted by Gasteiger charge is -2.30. The van der Waals surface area contributed by atoms with E-state index in [1.165, 1.54) is 11.6 Å². The Morgan fingerprint density at radius 3 is 1.74 bits per heavy atom. The van der Waals surface area contributed by atoms with Gasteiger partial charge < -0.3 is 19.6 Å². The topological polar surface area (TPSA) is 115 Å². The zero-order valence-electron chi connectivity index (χ0n) is 15.0. The first-order valence-electron chi connectivity index (χ1n) is 7.95. The molecule has 27 heavy (non-hydrogen) atoms. The molecule has 0 unspecified atom stereocenters. The summed E-state index contributed by atoms with van der Waals surface area (Å²) < 4.78 is 22.9. The van der Waals surface area contributed by atoms with Gasteiger partial charge in [-0.15, -0.1) is 0 Å². The Labute approximate surface area is 159 Å². The van der Waals surface area contributed by atoms with Crippen LogP contribution in [0.25, 0.3) is 12.2 Å². The predicted molar refractivity (Wildman–Crippen MR) is 109 cm³/mol. The van der Waals surface area contributed by atoms with Gasteiger partial charge in [0.15, 0.2) is 4.90 Å². The van der Waals surface area contributed by atoms with E-state index in [9.17, 15) is 28.7 Å². The minimum atomic E-state index is -4.99. The van der Waals surface area contributed by atoms with Crippen molar-refractivity contribution in [1.82, 2.24) is 0 Å². The van der Waals surface area contributed by atoms with E-state index in [0.29, 0.717) is 11.1 Å². The Balaban J connectivity index is 0.000000377. The fourth-order valence-electron chi connectivity index (χ4n) is 2.18. The molecule has 2 aromatic rings. The molecule has 0 bridgehead atoms. The molecule has 0 spiro atoms. The van der Waals surface area contributed by atoms with Crippen LogP contribution in [0.3, 0.4) is 0 Å². The largest absolute Gasteiger partial charge is 0.343 e. The highest BCUT2D eigenvalue weighted by Gasteiger charge is 2.56. The third kappa shape index (κ3) is 6.40. The van der Waals surface area contributed by atoms with Crippen molar-refractivity contribution in [3.05, 3.63) is 84.4 Å². The molecule has 4 N–H and O–H groups in total. The molecule has 0 radical (unpaired) electrons. The molecule has 0 aliphatic heterocycles. The van der Waals surface area contributed by atoms with Crippen LogP contribution in [0.2, 0.25) is 0 Å². The quantitative estimate of drug-likeness (QED) is 0.529. The lowest BCUT2D eigenvalue weighted by Crippen LogP contribution is -2.27. The molecule has 0 amide bonds. The summed E-state index contributed by atoms with van der Waals surface area (Å²) in [5.41, 5.74) is 2.30. The highest BCUT2D eigenvalue weighted by atomic mass is 31.2. The first-order valence-corrected chi connectivity index (χ1v) is 11.2. The zero-order chi connectivity index (χ0) is 20.7. The molecule has 6 nitrogen and oxygen atoms in total. The molecule has 0 aliphatic rings. The van der Waals surface area contributed by atoms with Crippen LogP contribution in [0.15, 0.2) is 67.8 Å². The standard InChI is InChI=1S/C11H16O6P2.C8H8/c1-3-9-5-4-6-10(7-9)8-11(2,18(12,13)14)19(15,16)17;1-2-8-6-4-3-5-7-8/h3-7H,1,8H2,2H3,(H2,12,13,14)(H2,15,16,17);2-7H,1H2. The van der Waals surface area contributed by atoms with Gasteiger partial charge in [0.05, 0.1) is 0 Å². The molecule has 2 aromatic carbocycles. The summed E-state index contributed by atoms with van der Waals surface area (Å²) in [7, 11) is -9.97.